The number of para-hydroxylation sites is 1. The van der Waals surface area contributed by atoms with Gasteiger partial charge in [0.1, 0.15) is 5.75 Å². The summed E-state index contributed by atoms with van der Waals surface area (Å²) in [5.74, 6) is -1.56. The predicted octanol–water partition coefficient (Wildman–Crippen LogP) is 4.70. The highest BCUT2D eigenvalue weighted by atomic mass is 35.5. The average molecular weight is 377 g/mol. The van der Waals surface area contributed by atoms with Crippen molar-refractivity contribution in [1.82, 2.24) is 0 Å². The van der Waals surface area contributed by atoms with E-state index in [0.29, 0.717) is 0 Å². The summed E-state index contributed by atoms with van der Waals surface area (Å²) in [4.78, 5) is 12.3. The van der Waals surface area contributed by atoms with Crippen molar-refractivity contribution in [2.75, 3.05) is 10.6 Å². The Labute approximate surface area is 144 Å². The minimum absolute atomic E-state index is 0.00765. The zero-order valence-corrected chi connectivity index (χ0v) is 13.3. The van der Waals surface area contributed by atoms with Gasteiger partial charge in [-0.15, -0.1) is 0 Å². The maximum atomic E-state index is 13.6. The number of anilines is 2. The van der Waals surface area contributed by atoms with E-state index in [1.807, 2.05) is 0 Å². The van der Waals surface area contributed by atoms with Gasteiger partial charge in [0.05, 0.1) is 21.4 Å². The van der Waals surface area contributed by atoms with E-state index in [1.54, 1.807) is 6.07 Å². The second-order valence-corrected chi connectivity index (χ2v) is 5.83. The molecule has 2 aromatic rings. The molecule has 0 amide bonds. The Morgan fingerprint density at radius 3 is 1.96 bits per heavy atom. The third kappa shape index (κ3) is 2.74. The lowest BCUT2D eigenvalue weighted by Crippen LogP contribution is -2.62. The van der Waals surface area contributed by atoms with Crippen molar-refractivity contribution in [2.45, 2.75) is 11.8 Å². The van der Waals surface area contributed by atoms with Gasteiger partial charge in [0.25, 0.3) is 0 Å². The number of nitrogens with one attached hydrogen (secondary N) is 2. The van der Waals surface area contributed by atoms with Crippen LogP contribution in [0.15, 0.2) is 42.5 Å². The van der Waals surface area contributed by atoms with Gasteiger partial charge in [0.15, 0.2) is 0 Å². The standard InChI is InChI=1S/C15H9Cl2F3N2O2/c16-9-6-11-12(7-10(9)17)22-14(21-11,15(18,19)20)13(23)24-8-4-2-1-3-5-8/h1-7,21-22H. The Bertz CT molecular complexity index is 766. The number of hydrogen-bond acceptors (Lipinski definition) is 4. The first-order valence-corrected chi connectivity index (χ1v) is 7.38. The first kappa shape index (κ1) is 16.7. The van der Waals surface area contributed by atoms with Crippen molar-refractivity contribution < 1.29 is 22.7 Å². The summed E-state index contributed by atoms with van der Waals surface area (Å²) < 4.78 is 45.8. The number of rotatable bonds is 2. The van der Waals surface area contributed by atoms with Crippen molar-refractivity contribution in [1.29, 1.82) is 0 Å². The van der Waals surface area contributed by atoms with E-state index in [1.165, 1.54) is 36.4 Å². The minimum Gasteiger partial charge on any atom is -0.423 e. The van der Waals surface area contributed by atoms with E-state index in [0.717, 1.165) is 0 Å². The summed E-state index contributed by atoms with van der Waals surface area (Å²) in [6.07, 6.45) is -4.99. The van der Waals surface area contributed by atoms with E-state index in [2.05, 4.69) is 10.6 Å². The van der Waals surface area contributed by atoms with Gasteiger partial charge in [0, 0.05) is 0 Å². The van der Waals surface area contributed by atoms with Crippen LogP contribution in [-0.2, 0) is 4.79 Å². The minimum atomic E-state index is -4.99. The number of hydrogen-bond donors (Lipinski definition) is 2. The van der Waals surface area contributed by atoms with Gasteiger partial charge >= 0.3 is 17.8 Å². The smallest absolute Gasteiger partial charge is 0.423 e. The molecule has 3 rings (SSSR count). The molecule has 9 heteroatoms. The Morgan fingerprint density at radius 2 is 1.50 bits per heavy atom. The number of carbonyl (C=O) groups excluding carboxylic acids is 1. The quantitative estimate of drug-likeness (QED) is 0.589. The van der Waals surface area contributed by atoms with Crippen LogP contribution in [-0.4, -0.2) is 17.8 Å². The second kappa shape index (κ2) is 5.75. The van der Waals surface area contributed by atoms with Crippen LogP contribution in [0.25, 0.3) is 0 Å². The summed E-state index contributed by atoms with van der Waals surface area (Å²) >= 11 is 11.6. The van der Waals surface area contributed by atoms with Crippen LogP contribution < -0.4 is 15.4 Å². The Balaban J connectivity index is 1.98. The number of alkyl halides is 3. The molecule has 24 heavy (non-hydrogen) atoms. The number of ether oxygens (including phenoxy) is 1. The maximum Gasteiger partial charge on any atom is 0.441 e. The molecule has 0 aromatic heterocycles. The lowest BCUT2D eigenvalue weighted by Gasteiger charge is -2.30. The van der Waals surface area contributed by atoms with Gasteiger partial charge in [0.2, 0.25) is 0 Å². The maximum absolute atomic E-state index is 13.6. The number of halogens is 5. The monoisotopic (exact) mass is 376 g/mol. The van der Waals surface area contributed by atoms with Crippen LogP contribution in [0.1, 0.15) is 0 Å². The molecular weight excluding hydrogens is 368 g/mol. The van der Waals surface area contributed by atoms with Crippen molar-refractivity contribution in [2.24, 2.45) is 0 Å². The van der Waals surface area contributed by atoms with Crippen LogP contribution in [0, 0.1) is 0 Å². The van der Waals surface area contributed by atoms with Crippen LogP contribution in [0.5, 0.6) is 5.75 Å². The fraction of sp³-hybridized carbons (Fsp3) is 0.133. The molecule has 1 aliphatic rings. The van der Waals surface area contributed by atoms with E-state index in [4.69, 9.17) is 27.9 Å². The summed E-state index contributed by atoms with van der Waals surface area (Å²) in [7, 11) is 0. The lowest BCUT2D eigenvalue weighted by molar-refractivity contribution is -0.188. The topological polar surface area (TPSA) is 50.4 Å². The summed E-state index contributed by atoms with van der Waals surface area (Å²) in [6.45, 7) is 0. The van der Waals surface area contributed by atoms with Crippen molar-refractivity contribution in [3.05, 3.63) is 52.5 Å². The SMILES string of the molecule is O=C(Oc1ccccc1)C1(C(F)(F)F)Nc2cc(Cl)c(Cl)cc2N1. The van der Waals surface area contributed by atoms with E-state index >= 15 is 0 Å². The number of fused-ring (bicyclic) bond motifs is 1. The van der Waals surface area contributed by atoms with E-state index in [-0.39, 0.29) is 27.2 Å². The van der Waals surface area contributed by atoms with Crippen LogP contribution in [0.3, 0.4) is 0 Å². The van der Waals surface area contributed by atoms with Crippen molar-refractivity contribution >= 4 is 40.5 Å². The molecule has 126 valence electrons. The molecule has 0 bridgehead atoms. The van der Waals surface area contributed by atoms with Gasteiger partial charge in [-0.25, -0.2) is 4.79 Å². The van der Waals surface area contributed by atoms with Gasteiger partial charge in [-0.3, -0.25) is 0 Å². The zero-order valence-electron chi connectivity index (χ0n) is 11.7. The molecule has 4 nitrogen and oxygen atoms in total. The molecule has 0 radical (unpaired) electrons. The van der Waals surface area contributed by atoms with Crippen molar-refractivity contribution in [3.63, 3.8) is 0 Å². The molecular formula is C15H9Cl2F3N2O2. The molecule has 2 N–H and O–H groups in total. The fourth-order valence-electron chi connectivity index (χ4n) is 2.22. The van der Waals surface area contributed by atoms with Gasteiger partial charge in [-0.1, -0.05) is 41.4 Å². The summed E-state index contributed by atoms with van der Waals surface area (Å²) in [6, 6.07) is 9.86. The summed E-state index contributed by atoms with van der Waals surface area (Å²) in [5.41, 5.74) is -3.15. The number of esters is 1. The van der Waals surface area contributed by atoms with Gasteiger partial charge in [-0.2, -0.15) is 13.2 Å². The highest BCUT2D eigenvalue weighted by Crippen LogP contribution is 2.45. The van der Waals surface area contributed by atoms with Crippen molar-refractivity contribution in [3.8, 4) is 5.75 Å². The zero-order chi connectivity index (χ0) is 17.5. The van der Waals surface area contributed by atoms with Crippen LogP contribution >= 0.6 is 23.2 Å². The molecule has 0 atom stereocenters. The van der Waals surface area contributed by atoms with Crippen LogP contribution in [0.2, 0.25) is 10.0 Å². The molecule has 0 unspecified atom stereocenters. The molecule has 0 saturated heterocycles. The molecule has 0 aliphatic carbocycles. The normalized spacial score (nSPS) is 15.2. The van der Waals surface area contributed by atoms with Gasteiger partial charge in [-0.05, 0) is 24.3 Å². The van der Waals surface area contributed by atoms with Crippen LogP contribution in [0.4, 0.5) is 24.5 Å². The predicted molar refractivity (Wildman–Crippen MR) is 84.6 cm³/mol. The van der Waals surface area contributed by atoms with E-state index < -0.39 is 17.8 Å². The number of benzene rings is 2. The second-order valence-electron chi connectivity index (χ2n) is 5.01. The molecule has 0 saturated carbocycles. The Morgan fingerprint density at radius 1 is 1.00 bits per heavy atom. The highest BCUT2D eigenvalue weighted by molar-refractivity contribution is 6.42. The highest BCUT2D eigenvalue weighted by Gasteiger charge is 2.65. The lowest BCUT2D eigenvalue weighted by atomic mass is 10.1. The fourth-order valence-corrected chi connectivity index (χ4v) is 2.55. The summed E-state index contributed by atoms with van der Waals surface area (Å²) in [5, 5.41) is 4.35. The largest absolute Gasteiger partial charge is 0.441 e. The van der Waals surface area contributed by atoms with E-state index in [9.17, 15) is 18.0 Å². The molecule has 0 fully saturated rings. The first-order chi connectivity index (χ1) is 11.2. The van der Waals surface area contributed by atoms with Gasteiger partial charge < -0.3 is 15.4 Å². The molecule has 0 spiro atoms. The Kier molecular flexibility index (Phi) is 4.01. The Hall–Kier alpha value is -2.12. The molecule has 1 aliphatic heterocycles. The molecule has 2 aromatic carbocycles. The first-order valence-electron chi connectivity index (χ1n) is 6.62. The average Bonchev–Trinajstić information content (AvgIpc) is 2.88. The third-order valence-corrected chi connectivity index (χ3v) is 4.11. The molecule has 1 heterocycles. The number of carbonyl (C=O) groups is 1. The third-order valence-electron chi connectivity index (χ3n) is 3.39.